The molecule has 0 radical (unpaired) electrons. The van der Waals surface area contributed by atoms with E-state index in [9.17, 15) is 13.6 Å². The molecule has 0 atom stereocenters. The van der Waals surface area contributed by atoms with E-state index in [1.165, 1.54) is 18.5 Å². The van der Waals surface area contributed by atoms with Crippen molar-refractivity contribution in [1.29, 1.82) is 0 Å². The Kier molecular flexibility index (Phi) is 8.20. The number of hydrogen-bond donors (Lipinski definition) is 4. The van der Waals surface area contributed by atoms with E-state index >= 15 is 0 Å². The molecule has 9 nitrogen and oxygen atoms in total. The summed E-state index contributed by atoms with van der Waals surface area (Å²) in [5, 5.41) is 16.7. The summed E-state index contributed by atoms with van der Waals surface area (Å²) in [6.45, 7) is 7.06. The van der Waals surface area contributed by atoms with Gasteiger partial charge in [0.15, 0.2) is 5.82 Å². The molecule has 2 heterocycles. The van der Waals surface area contributed by atoms with E-state index < -0.39 is 11.8 Å². The average Bonchev–Trinajstić information content (AvgIpc) is 3.37. The third kappa shape index (κ3) is 6.94. The van der Waals surface area contributed by atoms with Gasteiger partial charge in [0.25, 0.3) is 11.8 Å². The zero-order valence-electron chi connectivity index (χ0n) is 22.5. The Morgan fingerprint density at radius 3 is 2.59 bits per heavy atom. The van der Waals surface area contributed by atoms with Crippen molar-refractivity contribution in [1.82, 2.24) is 25.1 Å². The van der Waals surface area contributed by atoms with E-state index in [1.54, 1.807) is 48.3 Å². The van der Waals surface area contributed by atoms with Gasteiger partial charge in [-0.2, -0.15) is 9.78 Å². The first-order valence-electron chi connectivity index (χ1n) is 12.5. The normalized spacial score (nSPS) is 11.5. The third-order valence-corrected chi connectivity index (χ3v) is 6.00. The number of halogens is 2. The zero-order chi connectivity index (χ0) is 28.2. The van der Waals surface area contributed by atoms with Crippen LogP contribution in [0.3, 0.4) is 0 Å². The second kappa shape index (κ2) is 11.6. The minimum absolute atomic E-state index is 0.159. The smallest absolute Gasteiger partial charge is 0.270 e. The highest BCUT2D eigenvalue weighted by atomic mass is 19.3. The monoisotopic (exact) mass is 534 g/mol. The summed E-state index contributed by atoms with van der Waals surface area (Å²) < 4.78 is 30.0. The maximum atomic E-state index is 14.2. The van der Waals surface area contributed by atoms with Gasteiger partial charge in [0, 0.05) is 61.2 Å². The van der Waals surface area contributed by atoms with Crippen molar-refractivity contribution < 1.29 is 13.6 Å². The quantitative estimate of drug-likeness (QED) is 0.209. The molecule has 0 aliphatic heterocycles. The summed E-state index contributed by atoms with van der Waals surface area (Å²) in [5.74, 6) is -1.69. The molecule has 0 bridgehead atoms. The van der Waals surface area contributed by atoms with Crippen molar-refractivity contribution in [2.75, 3.05) is 23.0 Å². The maximum absolute atomic E-state index is 14.2. The maximum Gasteiger partial charge on any atom is 0.270 e. The van der Waals surface area contributed by atoms with Crippen LogP contribution in [0.4, 0.5) is 31.8 Å². The van der Waals surface area contributed by atoms with Crippen molar-refractivity contribution in [3.63, 3.8) is 0 Å². The molecule has 0 aliphatic rings. The number of carbonyl (C=O) groups is 1. The number of carbonyl (C=O) groups excluding carboxylic acids is 1. The minimum Gasteiger partial charge on any atom is -0.373 e. The summed E-state index contributed by atoms with van der Waals surface area (Å²) >= 11 is 0. The van der Waals surface area contributed by atoms with Crippen LogP contribution in [0.15, 0.2) is 61.1 Å². The Bertz CT molecular complexity index is 1460. The summed E-state index contributed by atoms with van der Waals surface area (Å²) in [5.41, 5.74) is 2.73. The van der Waals surface area contributed by atoms with Gasteiger partial charge in [-0.1, -0.05) is 19.9 Å². The van der Waals surface area contributed by atoms with Crippen molar-refractivity contribution in [2.45, 2.75) is 46.2 Å². The lowest BCUT2D eigenvalue weighted by molar-refractivity contribution is 0.0173. The molecule has 2 aromatic carbocycles. The SMILES string of the molecule is CNc1cc(-n2nccc2Nc2cc(NC(=O)c3cc(CNC(C)C)cc(C(C)(F)F)c3)ccc2C)ncn1. The number of nitrogens with zero attached hydrogens (tertiary/aromatic N) is 4. The molecular formula is C28H32F2N8O. The zero-order valence-corrected chi connectivity index (χ0v) is 22.5. The van der Waals surface area contributed by atoms with Crippen LogP contribution in [-0.4, -0.2) is 38.7 Å². The van der Waals surface area contributed by atoms with Gasteiger partial charge in [0.05, 0.1) is 6.20 Å². The van der Waals surface area contributed by atoms with Crippen molar-refractivity contribution in [3.8, 4) is 5.82 Å². The Morgan fingerprint density at radius 1 is 1.08 bits per heavy atom. The highest BCUT2D eigenvalue weighted by Crippen LogP contribution is 2.30. The molecule has 0 saturated carbocycles. The summed E-state index contributed by atoms with van der Waals surface area (Å²) in [4.78, 5) is 21.6. The van der Waals surface area contributed by atoms with Crippen molar-refractivity contribution in [2.24, 2.45) is 0 Å². The van der Waals surface area contributed by atoms with Gasteiger partial charge in [-0.15, -0.1) is 0 Å². The summed E-state index contributed by atoms with van der Waals surface area (Å²) in [6.07, 6.45) is 3.09. The minimum atomic E-state index is -3.08. The number of nitrogens with one attached hydrogen (secondary N) is 4. The molecule has 0 fully saturated rings. The van der Waals surface area contributed by atoms with Crippen LogP contribution in [0.5, 0.6) is 0 Å². The van der Waals surface area contributed by atoms with E-state index in [2.05, 4.69) is 36.3 Å². The van der Waals surface area contributed by atoms with Crippen molar-refractivity contribution >= 4 is 28.9 Å². The van der Waals surface area contributed by atoms with Gasteiger partial charge in [0.2, 0.25) is 0 Å². The molecule has 0 spiro atoms. The van der Waals surface area contributed by atoms with Gasteiger partial charge in [-0.3, -0.25) is 4.79 Å². The number of hydrogen-bond acceptors (Lipinski definition) is 7. The number of alkyl halides is 2. The fourth-order valence-electron chi connectivity index (χ4n) is 3.86. The summed E-state index contributed by atoms with van der Waals surface area (Å²) in [6, 6.07) is 13.4. The molecule has 0 saturated heterocycles. The van der Waals surface area contributed by atoms with Gasteiger partial charge >= 0.3 is 0 Å². The first-order chi connectivity index (χ1) is 18.5. The molecule has 0 aliphatic carbocycles. The molecule has 39 heavy (non-hydrogen) atoms. The number of rotatable bonds is 10. The van der Waals surface area contributed by atoms with Crippen LogP contribution in [-0.2, 0) is 12.5 Å². The number of aromatic nitrogens is 4. The molecule has 0 unspecified atom stereocenters. The van der Waals surface area contributed by atoms with Gasteiger partial charge < -0.3 is 21.3 Å². The fourth-order valence-corrected chi connectivity index (χ4v) is 3.86. The Hall–Kier alpha value is -4.38. The van der Waals surface area contributed by atoms with Crippen LogP contribution >= 0.6 is 0 Å². The van der Waals surface area contributed by atoms with Crippen LogP contribution in [0, 0.1) is 6.92 Å². The molecule has 4 aromatic rings. The standard InChI is InChI=1S/C28H32F2N8O/c1-17(2)32-15-19-10-20(12-21(11-19)28(4,29)30)27(39)36-22-7-6-18(3)23(13-22)37-25-8-9-35-38(25)26-14-24(31-5)33-16-34-26/h6-14,16-17,32,37H,15H2,1-5H3,(H,36,39)(H,31,33,34). The summed E-state index contributed by atoms with van der Waals surface area (Å²) in [7, 11) is 1.77. The first-order valence-corrected chi connectivity index (χ1v) is 12.5. The predicted molar refractivity (Wildman–Crippen MR) is 149 cm³/mol. The van der Waals surface area contributed by atoms with Crippen LogP contribution in [0.2, 0.25) is 0 Å². The lowest BCUT2D eigenvalue weighted by Gasteiger charge is -2.17. The van der Waals surface area contributed by atoms with E-state index in [0.717, 1.165) is 18.2 Å². The number of aryl methyl sites for hydroxylation is 1. The topological polar surface area (TPSA) is 109 Å². The molecule has 1 amide bonds. The highest BCUT2D eigenvalue weighted by molar-refractivity contribution is 6.04. The lowest BCUT2D eigenvalue weighted by Crippen LogP contribution is -2.23. The van der Waals surface area contributed by atoms with E-state index in [4.69, 9.17) is 0 Å². The van der Waals surface area contributed by atoms with E-state index in [0.29, 0.717) is 35.2 Å². The number of benzene rings is 2. The van der Waals surface area contributed by atoms with E-state index in [1.807, 2.05) is 26.8 Å². The molecule has 2 aromatic heterocycles. The Balaban J connectivity index is 1.58. The highest BCUT2D eigenvalue weighted by Gasteiger charge is 2.26. The first kappa shape index (κ1) is 27.6. The molecule has 204 valence electrons. The largest absolute Gasteiger partial charge is 0.373 e. The predicted octanol–water partition coefficient (Wildman–Crippen LogP) is 5.62. The molecule has 4 rings (SSSR count). The fraction of sp³-hybridized carbons (Fsp3) is 0.286. The lowest BCUT2D eigenvalue weighted by atomic mass is 10.0. The van der Waals surface area contributed by atoms with Gasteiger partial charge in [-0.05, 0) is 48.4 Å². The average molecular weight is 535 g/mol. The van der Waals surface area contributed by atoms with Crippen LogP contribution in [0.25, 0.3) is 5.82 Å². The Labute approximate surface area is 226 Å². The second-order valence-corrected chi connectivity index (χ2v) is 9.59. The second-order valence-electron chi connectivity index (χ2n) is 9.59. The third-order valence-electron chi connectivity index (χ3n) is 6.00. The molecular weight excluding hydrogens is 502 g/mol. The number of amides is 1. The van der Waals surface area contributed by atoms with Crippen molar-refractivity contribution in [3.05, 3.63) is 83.3 Å². The molecule has 4 N–H and O–H groups in total. The van der Waals surface area contributed by atoms with Crippen LogP contribution in [0.1, 0.15) is 47.8 Å². The van der Waals surface area contributed by atoms with Crippen LogP contribution < -0.4 is 21.3 Å². The van der Waals surface area contributed by atoms with Gasteiger partial charge in [-0.25, -0.2) is 18.7 Å². The Morgan fingerprint density at radius 2 is 1.87 bits per heavy atom. The van der Waals surface area contributed by atoms with E-state index in [-0.39, 0.29) is 17.2 Å². The van der Waals surface area contributed by atoms with Gasteiger partial charge in [0.1, 0.15) is 18.0 Å². The molecule has 11 heteroatoms. The number of anilines is 4.